The number of carbonyl (C=O) groups is 1. The van der Waals surface area contributed by atoms with Crippen LogP contribution >= 0.6 is 22.7 Å². The van der Waals surface area contributed by atoms with Crippen LogP contribution in [0.1, 0.15) is 20.9 Å². The summed E-state index contributed by atoms with van der Waals surface area (Å²) < 4.78 is 28.7. The Kier molecular flexibility index (Phi) is 5.63. The molecule has 0 aliphatic carbocycles. The predicted molar refractivity (Wildman–Crippen MR) is 99.0 cm³/mol. The topological polar surface area (TPSA) is 42.4 Å². The molecule has 0 saturated carbocycles. The minimum Gasteiger partial charge on any atom is -0.435 e. The van der Waals surface area contributed by atoms with Gasteiger partial charge in [0.1, 0.15) is 15.6 Å². The van der Waals surface area contributed by atoms with E-state index in [0.29, 0.717) is 17.1 Å². The maximum Gasteiger partial charge on any atom is 0.387 e. The average Bonchev–Trinajstić information content (AvgIpc) is 3.25. The molecule has 136 valence electrons. The third-order valence-corrected chi connectivity index (χ3v) is 5.55. The zero-order valence-electron chi connectivity index (χ0n) is 14.1. The largest absolute Gasteiger partial charge is 0.435 e. The zero-order valence-corrected chi connectivity index (χ0v) is 15.7. The van der Waals surface area contributed by atoms with E-state index in [-0.39, 0.29) is 11.7 Å². The van der Waals surface area contributed by atoms with Crippen molar-refractivity contribution in [1.82, 2.24) is 9.88 Å². The number of alkyl halides is 2. The molecule has 0 N–H and O–H groups in total. The summed E-state index contributed by atoms with van der Waals surface area (Å²) in [5, 5.41) is 4.80. The molecule has 3 aromatic rings. The van der Waals surface area contributed by atoms with Gasteiger partial charge in [-0.05, 0) is 36.1 Å². The second-order valence-electron chi connectivity index (χ2n) is 5.63. The standard InChI is InChI=1S/C18H16F2N2O2S2/c1-11-15(26-16(21-11)13-7-8-25-10-13)17(23)22(2)9-12-3-5-14(6-4-12)24-18(19)20/h3-8,10,18H,9H2,1-2H3. The molecule has 0 unspecified atom stereocenters. The van der Waals surface area contributed by atoms with E-state index in [1.54, 1.807) is 35.4 Å². The SMILES string of the molecule is Cc1nc(-c2ccsc2)sc1C(=O)N(C)Cc1ccc(OC(F)F)cc1. The van der Waals surface area contributed by atoms with E-state index in [1.807, 2.05) is 23.8 Å². The van der Waals surface area contributed by atoms with Crippen LogP contribution in [0, 0.1) is 6.92 Å². The highest BCUT2D eigenvalue weighted by Crippen LogP contribution is 2.30. The van der Waals surface area contributed by atoms with Gasteiger partial charge in [-0.3, -0.25) is 4.79 Å². The molecule has 0 bridgehead atoms. The lowest BCUT2D eigenvalue weighted by molar-refractivity contribution is -0.0498. The van der Waals surface area contributed by atoms with Crippen LogP contribution in [0.4, 0.5) is 8.78 Å². The second-order valence-corrected chi connectivity index (χ2v) is 7.41. The van der Waals surface area contributed by atoms with E-state index >= 15 is 0 Å². The van der Waals surface area contributed by atoms with Gasteiger partial charge in [-0.2, -0.15) is 20.1 Å². The maximum atomic E-state index is 12.7. The first kappa shape index (κ1) is 18.5. The Morgan fingerprint density at radius 1 is 1.27 bits per heavy atom. The van der Waals surface area contributed by atoms with Gasteiger partial charge in [0.2, 0.25) is 0 Å². The number of aromatic nitrogens is 1. The number of ether oxygens (including phenoxy) is 1. The zero-order chi connectivity index (χ0) is 18.7. The Morgan fingerprint density at radius 3 is 2.62 bits per heavy atom. The Morgan fingerprint density at radius 2 is 2.00 bits per heavy atom. The lowest BCUT2D eigenvalue weighted by atomic mass is 10.2. The summed E-state index contributed by atoms with van der Waals surface area (Å²) in [6.07, 6.45) is 0. The smallest absolute Gasteiger partial charge is 0.387 e. The number of rotatable bonds is 6. The van der Waals surface area contributed by atoms with Gasteiger partial charge >= 0.3 is 6.61 Å². The van der Waals surface area contributed by atoms with Gasteiger partial charge < -0.3 is 9.64 Å². The van der Waals surface area contributed by atoms with Crippen molar-refractivity contribution >= 4 is 28.6 Å². The van der Waals surface area contributed by atoms with Gasteiger partial charge in [-0.1, -0.05) is 12.1 Å². The van der Waals surface area contributed by atoms with Gasteiger partial charge in [0.25, 0.3) is 5.91 Å². The monoisotopic (exact) mass is 394 g/mol. The van der Waals surface area contributed by atoms with E-state index < -0.39 is 6.61 Å². The molecule has 1 aromatic carbocycles. The van der Waals surface area contributed by atoms with Crippen LogP contribution in [0.15, 0.2) is 41.1 Å². The van der Waals surface area contributed by atoms with Gasteiger partial charge in [-0.15, -0.1) is 11.3 Å². The predicted octanol–water partition coefficient (Wildman–Crippen LogP) is 5.05. The highest BCUT2D eigenvalue weighted by Gasteiger charge is 2.20. The molecule has 4 nitrogen and oxygen atoms in total. The summed E-state index contributed by atoms with van der Waals surface area (Å²) in [6.45, 7) is -0.667. The minimum absolute atomic E-state index is 0.0939. The van der Waals surface area contributed by atoms with Gasteiger partial charge in [0, 0.05) is 24.5 Å². The molecule has 1 amide bonds. The maximum absolute atomic E-state index is 12.7. The van der Waals surface area contributed by atoms with Crippen LogP contribution in [-0.2, 0) is 6.54 Å². The van der Waals surface area contributed by atoms with E-state index in [0.717, 1.165) is 16.1 Å². The van der Waals surface area contributed by atoms with Crippen LogP contribution < -0.4 is 4.74 Å². The Bertz CT molecular complexity index is 877. The van der Waals surface area contributed by atoms with Crippen LogP contribution in [0.2, 0.25) is 0 Å². The summed E-state index contributed by atoms with van der Waals surface area (Å²) in [6, 6.07) is 8.23. The summed E-state index contributed by atoms with van der Waals surface area (Å²) in [7, 11) is 1.70. The molecular formula is C18H16F2N2O2S2. The molecule has 2 aromatic heterocycles. The summed E-state index contributed by atoms with van der Waals surface area (Å²) in [4.78, 5) is 19.4. The van der Waals surface area contributed by atoms with Crippen molar-refractivity contribution in [2.45, 2.75) is 20.1 Å². The van der Waals surface area contributed by atoms with Gasteiger partial charge in [0.15, 0.2) is 0 Å². The third-order valence-electron chi connectivity index (χ3n) is 3.67. The van der Waals surface area contributed by atoms with Crippen molar-refractivity contribution in [3.63, 3.8) is 0 Å². The van der Waals surface area contributed by atoms with Crippen molar-refractivity contribution in [3.05, 3.63) is 57.2 Å². The van der Waals surface area contributed by atoms with Crippen LogP contribution in [0.25, 0.3) is 10.6 Å². The molecule has 0 aliphatic rings. The lowest BCUT2D eigenvalue weighted by Crippen LogP contribution is -2.26. The molecule has 0 aliphatic heterocycles. The van der Waals surface area contributed by atoms with E-state index in [2.05, 4.69) is 9.72 Å². The lowest BCUT2D eigenvalue weighted by Gasteiger charge is -2.17. The number of benzene rings is 1. The number of halogens is 2. The number of carbonyl (C=O) groups excluding carboxylic acids is 1. The number of aryl methyl sites for hydroxylation is 1. The molecule has 0 atom stereocenters. The van der Waals surface area contributed by atoms with Crippen molar-refractivity contribution in [2.75, 3.05) is 7.05 Å². The second kappa shape index (κ2) is 7.92. The third kappa shape index (κ3) is 4.25. The highest BCUT2D eigenvalue weighted by molar-refractivity contribution is 7.17. The van der Waals surface area contributed by atoms with Crippen LogP contribution in [0.5, 0.6) is 5.75 Å². The number of nitrogens with zero attached hydrogens (tertiary/aromatic N) is 2. The Labute approximate surface area is 157 Å². The van der Waals surface area contributed by atoms with Crippen LogP contribution in [0.3, 0.4) is 0 Å². The molecule has 0 fully saturated rings. The average molecular weight is 394 g/mol. The quantitative estimate of drug-likeness (QED) is 0.587. The summed E-state index contributed by atoms with van der Waals surface area (Å²) in [5.41, 5.74) is 2.54. The molecule has 0 spiro atoms. The summed E-state index contributed by atoms with van der Waals surface area (Å²) >= 11 is 2.96. The van der Waals surface area contributed by atoms with Crippen molar-refractivity contribution in [2.24, 2.45) is 0 Å². The highest BCUT2D eigenvalue weighted by atomic mass is 32.1. The summed E-state index contributed by atoms with van der Waals surface area (Å²) in [5.74, 6) is -0.0224. The number of thiazole rings is 1. The van der Waals surface area contributed by atoms with E-state index in [1.165, 1.54) is 23.5 Å². The fourth-order valence-electron chi connectivity index (χ4n) is 2.40. The minimum atomic E-state index is -2.85. The fraction of sp³-hybridized carbons (Fsp3) is 0.222. The van der Waals surface area contributed by atoms with Crippen molar-refractivity contribution in [1.29, 1.82) is 0 Å². The number of thiophene rings is 1. The fourth-order valence-corrected chi connectivity index (χ4v) is 4.17. The molecule has 26 heavy (non-hydrogen) atoms. The molecule has 2 heterocycles. The first-order chi connectivity index (χ1) is 12.4. The van der Waals surface area contributed by atoms with Gasteiger partial charge in [-0.25, -0.2) is 4.98 Å². The Hall–Kier alpha value is -2.32. The molecule has 0 saturated heterocycles. The number of hydrogen-bond donors (Lipinski definition) is 0. The van der Waals surface area contributed by atoms with E-state index in [4.69, 9.17) is 0 Å². The molecule has 3 rings (SSSR count). The van der Waals surface area contributed by atoms with Crippen molar-refractivity contribution in [3.8, 4) is 16.3 Å². The first-order valence-corrected chi connectivity index (χ1v) is 9.49. The number of amides is 1. The first-order valence-electron chi connectivity index (χ1n) is 7.73. The molecular weight excluding hydrogens is 378 g/mol. The van der Waals surface area contributed by atoms with Crippen LogP contribution in [-0.4, -0.2) is 29.5 Å². The molecule has 8 heteroatoms. The Balaban J connectivity index is 1.70. The number of hydrogen-bond acceptors (Lipinski definition) is 5. The van der Waals surface area contributed by atoms with E-state index in [9.17, 15) is 13.6 Å². The van der Waals surface area contributed by atoms with Gasteiger partial charge in [0.05, 0.1) is 5.69 Å². The molecule has 0 radical (unpaired) electrons. The normalized spacial score (nSPS) is 11.0. The van der Waals surface area contributed by atoms with Crippen molar-refractivity contribution < 1.29 is 18.3 Å².